The van der Waals surface area contributed by atoms with Crippen molar-refractivity contribution in [2.75, 3.05) is 7.05 Å². The van der Waals surface area contributed by atoms with Gasteiger partial charge in [0.25, 0.3) is 0 Å². The Morgan fingerprint density at radius 3 is 2.08 bits per heavy atom. The zero-order chi connectivity index (χ0) is 17.6. The van der Waals surface area contributed by atoms with Crippen molar-refractivity contribution in [2.24, 2.45) is 0 Å². The van der Waals surface area contributed by atoms with E-state index < -0.39 is 12.2 Å². The fourth-order valence-corrected chi connectivity index (χ4v) is 2.65. The third-order valence-electron chi connectivity index (χ3n) is 3.93. The van der Waals surface area contributed by atoms with Crippen molar-refractivity contribution in [1.29, 1.82) is 0 Å². The normalized spacial score (nSPS) is 13.0. The number of carbonyl (C=O) groups is 1. The van der Waals surface area contributed by atoms with E-state index >= 15 is 0 Å². The Bertz CT molecular complexity index is 641. The van der Waals surface area contributed by atoms with Gasteiger partial charge in [-0.2, -0.15) is 13.2 Å². The van der Waals surface area contributed by atoms with Gasteiger partial charge in [0, 0.05) is 18.5 Å². The molecule has 0 saturated carbocycles. The van der Waals surface area contributed by atoms with E-state index in [1.165, 1.54) is 11.9 Å². The molecular formula is C19H20F3NO. The van der Waals surface area contributed by atoms with E-state index in [4.69, 9.17) is 0 Å². The summed E-state index contributed by atoms with van der Waals surface area (Å²) in [6.45, 7) is 0.185. The highest BCUT2D eigenvalue weighted by molar-refractivity contribution is 5.95. The van der Waals surface area contributed by atoms with Gasteiger partial charge in [0.15, 0.2) is 5.78 Å². The minimum Gasteiger partial charge on any atom is -0.294 e. The lowest BCUT2D eigenvalue weighted by Crippen LogP contribution is -2.43. The number of nitrogens with zero attached hydrogens (tertiary/aromatic N) is 1. The van der Waals surface area contributed by atoms with E-state index in [9.17, 15) is 18.0 Å². The Balaban J connectivity index is 2.02. The first-order valence-electron chi connectivity index (χ1n) is 7.77. The van der Waals surface area contributed by atoms with Gasteiger partial charge < -0.3 is 0 Å². The number of benzene rings is 2. The van der Waals surface area contributed by atoms with Crippen LogP contribution in [0, 0.1) is 0 Å². The van der Waals surface area contributed by atoms with E-state index in [1.54, 1.807) is 54.6 Å². The third-order valence-corrected chi connectivity index (χ3v) is 3.93. The first-order chi connectivity index (χ1) is 11.4. The van der Waals surface area contributed by atoms with Crippen molar-refractivity contribution >= 4 is 5.78 Å². The van der Waals surface area contributed by atoms with Crippen LogP contribution in [0.4, 0.5) is 13.2 Å². The average Bonchev–Trinajstić information content (AvgIpc) is 2.55. The largest absolute Gasteiger partial charge is 0.404 e. The van der Waals surface area contributed by atoms with Gasteiger partial charge in [-0.1, -0.05) is 60.7 Å². The summed E-state index contributed by atoms with van der Waals surface area (Å²) < 4.78 is 40.1. The van der Waals surface area contributed by atoms with Crippen LogP contribution in [0.5, 0.6) is 0 Å². The zero-order valence-electron chi connectivity index (χ0n) is 13.5. The van der Waals surface area contributed by atoms with Crippen LogP contribution < -0.4 is 0 Å². The second-order valence-electron chi connectivity index (χ2n) is 5.79. The second-order valence-corrected chi connectivity index (χ2v) is 5.79. The fraction of sp³-hybridized carbons (Fsp3) is 0.316. The Morgan fingerprint density at radius 2 is 1.54 bits per heavy atom. The summed E-state index contributed by atoms with van der Waals surface area (Å²) in [5.41, 5.74) is 1.26. The van der Waals surface area contributed by atoms with Gasteiger partial charge in [-0.3, -0.25) is 9.69 Å². The molecule has 0 bridgehead atoms. The number of Topliss-reactive ketones (excluding diaryl/α,β-unsaturated/α-hetero) is 1. The maximum atomic E-state index is 13.4. The number of hydrogen-bond acceptors (Lipinski definition) is 2. The molecule has 0 radical (unpaired) electrons. The van der Waals surface area contributed by atoms with Crippen molar-refractivity contribution in [3.63, 3.8) is 0 Å². The maximum absolute atomic E-state index is 13.4. The molecule has 0 aromatic heterocycles. The molecule has 0 saturated heterocycles. The number of rotatable bonds is 7. The first-order valence-corrected chi connectivity index (χ1v) is 7.77. The number of hydrogen-bond donors (Lipinski definition) is 0. The topological polar surface area (TPSA) is 20.3 Å². The highest BCUT2D eigenvalue weighted by Crippen LogP contribution is 2.29. The molecule has 128 valence electrons. The Hall–Kier alpha value is -2.14. The minimum atomic E-state index is -4.37. The standard InChI is InChI=1S/C19H20F3NO/c1-23(14-15-8-4-2-5-9-15)18(19(20,21)22)13-12-17(24)16-10-6-3-7-11-16/h2-11,18H,12-14H2,1H3/t18-/m1/s1. The van der Waals surface area contributed by atoms with E-state index in [2.05, 4.69) is 0 Å². The predicted molar refractivity (Wildman–Crippen MR) is 87.8 cm³/mol. The van der Waals surface area contributed by atoms with Crippen LogP contribution in [0.2, 0.25) is 0 Å². The molecule has 0 amide bonds. The Labute approximate surface area is 139 Å². The van der Waals surface area contributed by atoms with Gasteiger partial charge in [0.05, 0.1) is 0 Å². The van der Waals surface area contributed by atoms with Gasteiger partial charge in [-0.25, -0.2) is 0 Å². The van der Waals surface area contributed by atoms with Crippen molar-refractivity contribution in [1.82, 2.24) is 4.90 Å². The Morgan fingerprint density at radius 1 is 1.00 bits per heavy atom. The molecule has 2 aromatic rings. The lowest BCUT2D eigenvalue weighted by atomic mass is 10.0. The molecule has 1 atom stereocenters. The second kappa shape index (κ2) is 8.11. The van der Waals surface area contributed by atoms with Crippen LogP contribution in [0.1, 0.15) is 28.8 Å². The molecule has 2 nitrogen and oxygen atoms in total. The summed E-state index contributed by atoms with van der Waals surface area (Å²) in [6.07, 6.45) is -4.76. The molecule has 0 heterocycles. The van der Waals surface area contributed by atoms with E-state index in [-0.39, 0.29) is 25.2 Å². The zero-order valence-corrected chi connectivity index (χ0v) is 13.5. The van der Waals surface area contributed by atoms with Gasteiger partial charge in [0.2, 0.25) is 0 Å². The first kappa shape index (κ1) is 18.2. The van der Waals surface area contributed by atoms with Crippen molar-refractivity contribution in [2.45, 2.75) is 31.6 Å². The summed E-state index contributed by atoms with van der Waals surface area (Å²) >= 11 is 0. The monoisotopic (exact) mass is 335 g/mol. The van der Waals surface area contributed by atoms with Gasteiger partial charge in [0.1, 0.15) is 6.04 Å². The van der Waals surface area contributed by atoms with Crippen molar-refractivity contribution in [3.05, 3.63) is 71.8 Å². The van der Waals surface area contributed by atoms with Crippen LogP contribution in [-0.4, -0.2) is 29.9 Å². The molecule has 2 aromatic carbocycles. The summed E-state index contributed by atoms with van der Waals surface area (Å²) in [5.74, 6) is -0.266. The SMILES string of the molecule is CN(Cc1ccccc1)[C@H](CCC(=O)c1ccccc1)C(F)(F)F. The molecule has 0 fully saturated rings. The number of halogens is 3. The van der Waals surface area contributed by atoms with E-state index in [0.717, 1.165) is 5.56 Å². The lowest BCUT2D eigenvalue weighted by molar-refractivity contribution is -0.183. The van der Waals surface area contributed by atoms with Crippen LogP contribution in [0.15, 0.2) is 60.7 Å². The third kappa shape index (κ3) is 5.20. The van der Waals surface area contributed by atoms with Crippen LogP contribution >= 0.6 is 0 Å². The van der Waals surface area contributed by atoms with Gasteiger partial charge >= 0.3 is 6.18 Å². The molecule has 0 spiro atoms. The van der Waals surface area contributed by atoms with Crippen molar-refractivity contribution in [3.8, 4) is 0 Å². The highest BCUT2D eigenvalue weighted by atomic mass is 19.4. The summed E-state index contributed by atoms with van der Waals surface area (Å²) in [6, 6.07) is 15.8. The van der Waals surface area contributed by atoms with Crippen LogP contribution in [0.3, 0.4) is 0 Å². The number of alkyl halides is 3. The molecule has 0 aliphatic heterocycles. The van der Waals surface area contributed by atoms with Gasteiger partial charge in [-0.15, -0.1) is 0 Å². The minimum absolute atomic E-state index is 0.132. The molecular weight excluding hydrogens is 315 g/mol. The molecule has 24 heavy (non-hydrogen) atoms. The molecule has 0 N–H and O–H groups in total. The van der Waals surface area contributed by atoms with Crippen molar-refractivity contribution < 1.29 is 18.0 Å². The molecule has 0 aliphatic rings. The molecule has 2 rings (SSSR count). The van der Waals surface area contributed by atoms with Crippen LogP contribution in [0.25, 0.3) is 0 Å². The quantitative estimate of drug-likeness (QED) is 0.683. The Kier molecular flexibility index (Phi) is 6.15. The lowest BCUT2D eigenvalue weighted by Gasteiger charge is -2.30. The highest BCUT2D eigenvalue weighted by Gasteiger charge is 2.42. The van der Waals surface area contributed by atoms with E-state index in [1.807, 2.05) is 6.07 Å². The fourth-order valence-electron chi connectivity index (χ4n) is 2.65. The number of carbonyl (C=O) groups excluding carboxylic acids is 1. The molecule has 0 aliphatic carbocycles. The van der Waals surface area contributed by atoms with Crippen LogP contribution in [-0.2, 0) is 6.54 Å². The van der Waals surface area contributed by atoms with E-state index in [0.29, 0.717) is 5.56 Å². The average molecular weight is 335 g/mol. The summed E-state index contributed by atoms with van der Waals surface area (Å²) in [4.78, 5) is 13.3. The summed E-state index contributed by atoms with van der Waals surface area (Å²) in [5, 5.41) is 0. The number of ketones is 1. The smallest absolute Gasteiger partial charge is 0.294 e. The maximum Gasteiger partial charge on any atom is 0.404 e. The molecule has 5 heteroatoms. The summed E-state index contributed by atoms with van der Waals surface area (Å²) in [7, 11) is 1.44. The predicted octanol–water partition coefficient (Wildman–Crippen LogP) is 4.71. The van der Waals surface area contributed by atoms with Gasteiger partial charge in [-0.05, 0) is 19.0 Å². The molecule has 0 unspecified atom stereocenters.